The number of likely N-dealkylation sites (tertiary alicyclic amines) is 1. The molecule has 1 spiro atoms. The van der Waals surface area contributed by atoms with Gasteiger partial charge in [0.2, 0.25) is 17.7 Å². The number of ether oxygens (including phenoxy) is 2. The minimum Gasteiger partial charge on any atom is -0.455 e. The second-order valence-electron chi connectivity index (χ2n) is 13.5. The number of aliphatic hydroxyl groups is 1. The predicted molar refractivity (Wildman–Crippen MR) is 193 cm³/mol. The minimum atomic E-state index is -1.34. The van der Waals surface area contributed by atoms with Crippen LogP contribution in [-0.2, 0) is 35.2 Å². The Morgan fingerprint density at radius 3 is 2.44 bits per heavy atom. The molecule has 3 fully saturated rings. The standard InChI is InChI=1S/C39H48BrN3O7/c1-5-8-19-31(45)41-22-30(27-17-13-10-14-18-27)49-38(48)32-33-36(46)43(29(24-44)25(4)7-3)35(39(33)21-28(40)34(32)50-39)37(47)42(20-6-2)23-26-15-11-9-12-16-26/h5-6,9-18,25,28-30,32-35,44H,1-2,7-8,19-24H2,3-4H3,(H,41,45)/t25-,28?,29-,30+,32-,33+,34-,35-,39+/m0/s1. The summed E-state index contributed by atoms with van der Waals surface area (Å²) in [7, 11) is 0. The SMILES string of the molecule is C=CCCC(=O)NC[C@@H](OC(=O)[C@@H]1[C@H]2O[C@@]3(CC2Br)[C@H](C(=O)N(CC=C)Cc2ccccc2)N([C@@H](CO)[C@@H](C)CC)C(=O)[C@@H]13)c1ccccc1. The molecule has 3 aliphatic rings. The van der Waals surface area contributed by atoms with Gasteiger partial charge in [0.25, 0.3) is 0 Å². The van der Waals surface area contributed by atoms with Crippen LogP contribution in [0.15, 0.2) is 86.0 Å². The molecule has 2 aromatic rings. The summed E-state index contributed by atoms with van der Waals surface area (Å²) in [6.45, 7) is 11.7. The Labute approximate surface area is 303 Å². The number of allylic oxidation sites excluding steroid dienone is 1. The Morgan fingerprint density at radius 2 is 1.82 bits per heavy atom. The van der Waals surface area contributed by atoms with E-state index < -0.39 is 53.6 Å². The lowest BCUT2D eigenvalue weighted by Crippen LogP contribution is -2.59. The highest BCUT2D eigenvalue weighted by molar-refractivity contribution is 9.09. The number of alkyl halides is 1. The molecule has 1 unspecified atom stereocenters. The van der Waals surface area contributed by atoms with Crippen molar-refractivity contribution in [1.82, 2.24) is 15.1 Å². The van der Waals surface area contributed by atoms with Crippen LogP contribution in [0.2, 0.25) is 0 Å². The van der Waals surface area contributed by atoms with Crippen molar-refractivity contribution in [3.8, 4) is 0 Å². The van der Waals surface area contributed by atoms with Crippen molar-refractivity contribution in [1.29, 1.82) is 0 Å². The van der Waals surface area contributed by atoms with E-state index in [1.54, 1.807) is 17.1 Å². The molecule has 2 bridgehead atoms. The van der Waals surface area contributed by atoms with Crippen molar-refractivity contribution in [3.05, 3.63) is 97.1 Å². The average molecular weight is 751 g/mol. The summed E-state index contributed by atoms with van der Waals surface area (Å²) in [4.78, 5) is 59.4. The normalized spacial score (nSPS) is 26.8. The predicted octanol–water partition coefficient (Wildman–Crippen LogP) is 4.72. The maximum absolute atomic E-state index is 14.9. The second kappa shape index (κ2) is 16.5. The highest BCUT2D eigenvalue weighted by Gasteiger charge is 2.77. The highest BCUT2D eigenvalue weighted by atomic mass is 79.9. The first-order valence-corrected chi connectivity index (χ1v) is 18.3. The number of hydrogen-bond donors (Lipinski definition) is 2. The number of nitrogens with zero attached hydrogens (tertiary/aromatic N) is 2. The summed E-state index contributed by atoms with van der Waals surface area (Å²) in [5.41, 5.74) is 0.257. The molecule has 0 aliphatic carbocycles. The van der Waals surface area contributed by atoms with Gasteiger partial charge in [-0.15, -0.1) is 13.2 Å². The lowest BCUT2D eigenvalue weighted by molar-refractivity contribution is -0.161. The van der Waals surface area contributed by atoms with E-state index in [0.717, 1.165) is 5.56 Å². The van der Waals surface area contributed by atoms with Crippen LogP contribution in [0.5, 0.6) is 0 Å². The van der Waals surface area contributed by atoms with Crippen LogP contribution in [0, 0.1) is 17.8 Å². The third kappa shape index (κ3) is 7.31. The lowest BCUT2D eigenvalue weighted by Gasteiger charge is -2.41. The highest BCUT2D eigenvalue weighted by Crippen LogP contribution is 2.61. The third-order valence-corrected chi connectivity index (χ3v) is 11.3. The Bertz CT molecular complexity index is 1540. The van der Waals surface area contributed by atoms with Gasteiger partial charge in [-0.25, -0.2) is 0 Å². The van der Waals surface area contributed by atoms with Crippen LogP contribution in [0.1, 0.15) is 56.8 Å². The van der Waals surface area contributed by atoms with E-state index in [4.69, 9.17) is 9.47 Å². The Balaban J connectivity index is 1.51. The average Bonchev–Trinajstić information content (AvgIpc) is 3.72. The van der Waals surface area contributed by atoms with E-state index in [9.17, 15) is 24.3 Å². The molecule has 0 radical (unpaired) electrons. The summed E-state index contributed by atoms with van der Waals surface area (Å²) >= 11 is 3.74. The van der Waals surface area contributed by atoms with Gasteiger partial charge in [0.1, 0.15) is 17.7 Å². The van der Waals surface area contributed by atoms with Gasteiger partial charge in [0.15, 0.2) is 0 Å². The zero-order valence-electron chi connectivity index (χ0n) is 28.8. The molecule has 10 nitrogen and oxygen atoms in total. The summed E-state index contributed by atoms with van der Waals surface area (Å²) < 4.78 is 12.9. The van der Waals surface area contributed by atoms with Crippen molar-refractivity contribution in [2.75, 3.05) is 19.7 Å². The fraction of sp³-hybridized carbons (Fsp3) is 0.487. The Kier molecular flexibility index (Phi) is 12.3. The first kappa shape index (κ1) is 37.5. The van der Waals surface area contributed by atoms with Gasteiger partial charge in [0, 0.05) is 24.3 Å². The van der Waals surface area contributed by atoms with Crippen molar-refractivity contribution in [2.45, 2.75) is 80.8 Å². The van der Waals surface area contributed by atoms with Crippen molar-refractivity contribution >= 4 is 39.6 Å². The number of benzene rings is 2. The summed E-state index contributed by atoms with van der Waals surface area (Å²) in [6.07, 6.45) is 3.49. The largest absolute Gasteiger partial charge is 0.455 e. The monoisotopic (exact) mass is 749 g/mol. The quantitative estimate of drug-likeness (QED) is 0.136. The molecule has 0 aromatic heterocycles. The first-order chi connectivity index (χ1) is 24.1. The number of halogens is 1. The van der Waals surface area contributed by atoms with Gasteiger partial charge in [0.05, 0.1) is 37.1 Å². The van der Waals surface area contributed by atoms with Gasteiger partial charge in [-0.3, -0.25) is 19.2 Å². The summed E-state index contributed by atoms with van der Waals surface area (Å²) in [5, 5.41) is 13.6. The second-order valence-corrected chi connectivity index (χ2v) is 14.7. The first-order valence-electron chi connectivity index (χ1n) is 17.4. The molecule has 50 heavy (non-hydrogen) atoms. The lowest BCUT2D eigenvalue weighted by atomic mass is 9.70. The van der Waals surface area contributed by atoms with Gasteiger partial charge in [-0.1, -0.05) is 109 Å². The van der Waals surface area contributed by atoms with Crippen LogP contribution in [0.25, 0.3) is 0 Å². The molecular formula is C39H48BrN3O7. The van der Waals surface area contributed by atoms with Gasteiger partial charge in [-0.2, -0.15) is 0 Å². The molecule has 3 aliphatic heterocycles. The fourth-order valence-electron chi connectivity index (χ4n) is 7.79. The van der Waals surface area contributed by atoms with Crippen molar-refractivity contribution < 1.29 is 33.8 Å². The van der Waals surface area contributed by atoms with Crippen LogP contribution < -0.4 is 5.32 Å². The van der Waals surface area contributed by atoms with E-state index in [0.29, 0.717) is 24.8 Å². The molecule has 268 valence electrons. The van der Waals surface area contributed by atoms with Crippen molar-refractivity contribution in [2.24, 2.45) is 17.8 Å². The summed E-state index contributed by atoms with van der Waals surface area (Å²) in [6, 6.07) is 16.9. The number of rotatable bonds is 17. The van der Waals surface area contributed by atoms with Gasteiger partial charge < -0.3 is 29.7 Å². The molecule has 2 N–H and O–H groups in total. The number of carbonyl (C=O) groups excluding carboxylic acids is 4. The van der Waals surface area contributed by atoms with E-state index in [1.165, 1.54) is 4.90 Å². The van der Waals surface area contributed by atoms with E-state index >= 15 is 0 Å². The van der Waals surface area contributed by atoms with Gasteiger partial charge >= 0.3 is 5.97 Å². The molecule has 9 atom stereocenters. The minimum absolute atomic E-state index is 0.0370. The Morgan fingerprint density at radius 1 is 1.14 bits per heavy atom. The summed E-state index contributed by atoms with van der Waals surface area (Å²) in [5.74, 6) is -3.76. The number of aliphatic hydroxyl groups excluding tert-OH is 1. The molecule has 2 aromatic carbocycles. The maximum Gasteiger partial charge on any atom is 0.313 e. The van der Waals surface area contributed by atoms with Crippen LogP contribution in [-0.4, -0.2) is 86.9 Å². The van der Waals surface area contributed by atoms with E-state index in [2.05, 4.69) is 34.4 Å². The molecular weight excluding hydrogens is 702 g/mol. The molecule has 0 saturated carbocycles. The number of fused-ring (bicyclic) bond motifs is 1. The number of esters is 1. The number of nitrogens with one attached hydrogen (secondary N) is 1. The Hall–Kier alpha value is -3.80. The maximum atomic E-state index is 14.9. The smallest absolute Gasteiger partial charge is 0.313 e. The molecule has 3 heterocycles. The number of amides is 3. The fourth-order valence-corrected chi connectivity index (χ4v) is 8.74. The zero-order chi connectivity index (χ0) is 36.0. The molecule has 11 heteroatoms. The molecule has 3 amide bonds. The van der Waals surface area contributed by atoms with E-state index in [1.807, 2.05) is 74.5 Å². The number of hydrogen-bond acceptors (Lipinski definition) is 7. The number of carbonyl (C=O) groups is 4. The van der Waals surface area contributed by atoms with Crippen molar-refractivity contribution in [3.63, 3.8) is 0 Å². The zero-order valence-corrected chi connectivity index (χ0v) is 30.4. The molecule has 3 saturated heterocycles. The third-order valence-electron chi connectivity index (χ3n) is 10.4. The topological polar surface area (TPSA) is 125 Å². The van der Waals surface area contributed by atoms with E-state index in [-0.39, 0.29) is 55.2 Å². The van der Waals surface area contributed by atoms with Crippen LogP contribution >= 0.6 is 15.9 Å². The van der Waals surface area contributed by atoms with Gasteiger partial charge in [-0.05, 0) is 29.9 Å². The molecule has 5 rings (SSSR count). The van der Waals surface area contributed by atoms with Crippen LogP contribution in [0.4, 0.5) is 0 Å². The van der Waals surface area contributed by atoms with Crippen LogP contribution in [0.3, 0.4) is 0 Å².